The molecule has 7 nitrogen and oxygen atoms in total. The van der Waals surface area contributed by atoms with Crippen molar-refractivity contribution in [2.45, 2.75) is 64.3 Å². The number of hydrogen-bond donors (Lipinski definition) is 3. The molecule has 0 aromatic heterocycles. The van der Waals surface area contributed by atoms with E-state index in [0.717, 1.165) is 17.5 Å². The number of aliphatic hydroxyl groups is 1. The van der Waals surface area contributed by atoms with Gasteiger partial charge < -0.3 is 20.6 Å². The first-order chi connectivity index (χ1) is 21.6. The van der Waals surface area contributed by atoms with Crippen LogP contribution in [0.5, 0.6) is 0 Å². The highest BCUT2D eigenvalue weighted by Gasteiger charge is 2.27. The Kier molecular flexibility index (Phi) is 9.79. The molecule has 5 rings (SSSR count). The number of carbonyl (C=O) groups excluding carboxylic acids is 3. The molecule has 0 unspecified atom stereocenters. The van der Waals surface area contributed by atoms with Crippen LogP contribution in [0, 0.1) is 0 Å². The van der Waals surface area contributed by atoms with Crippen LogP contribution in [-0.4, -0.2) is 52.0 Å². The van der Waals surface area contributed by atoms with Gasteiger partial charge in [0.05, 0.1) is 12.1 Å². The van der Waals surface area contributed by atoms with Crippen molar-refractivity contribution in [3.63, 3.8) is 0 Å². The molecule has 2 atom stereocenters. The van der Waals surface area contributed by atoms with Crippen molar-refractivity contribution in [2.75, 3.05) is 6.54 Å². The fourth-order valence-electron chi connectivity index (χ4n) is 5.74. The third-order valence-electron chi connectivity index (χ3n) is 8.05. The molecule has 0 aliphatic carbocycles. The quantitative estimate of drug-likeness (QED) is 0.240. The Morgan fingerprint density at radius 3 is 2.20 bits per heavy atom. The fourth-order valence-corrected chi connectivity index (χ4v) is 5.74. The van der Waals surface area contributed by atoms with E-state index in [9.17, 15) is 19.5 Å². The third-order valence-corrected chi connectivity index (χ3v) is 8.05. The predicted molar refractivity (Wildman–Crippen MR) is 176 cm³/mol. The van der Waals surface area contributed by atoms with E-state index in [-0.39, 0.29) is 24.1 Å². The maximum Gasteiger partial charge on any atom is 0.254 e. The van der Waals surface area contributed by atoms with Crippen LogP contribution < -0.4 is 10.6 Å². The van der Waals surface area contributed by atoms with E-state index in [2.05, 4.69) is 16.7 Å². The van der Waals surface area contributed by atoms with E-state index < -0.39 is 17.7 Å². The summed E-state index contributed by atoms with van der Waals surface area (Å²) in [5.74, 6) is -0.717. The molecule has 7 heteroatoms. The summed E-state index contributed by atoms with van der Waals surface area (Å²) in [6.45, 7) is 6.91. The smallest absolute Gasteiger partial charge is 0.254 e. The molecule has 0 saturated carbocycles. The van der Waals surface area contributed by atoms with Crippen LogP contribution in [0.3, 0.4) is 0 Å². The van der Waals surface area contributed by atoms with E-state index in [1.807, 2.05) is 86.3 Å². The SMILES string of the molecule is CC(C)(C)NC(=O)c1ccccc1C[C@H](O)[C@H](Cc1ccccc1)NC(=O)c1cccc(C(=O)N2CCc3ccccc3C2)c1. The summed E-state index contributed by atoms with van der Waals surface area (Å²) >= 11 is 0. The lowest BCUT2D eigenvalue weighted by atomic mass is 9.93. The second-order valence-electron chi connectivity index (χ2n) is 12.7. The highest BCUT2D eigenvalue weighted by atomic mass is 16.3. The first-order valence-electron chi connectivity index (χ1n) is 15.5. The summed E-state index contributed by atoms with van der Waals surface area (Å²) in [5.41, 5.74) is 4.90. The normalized spacial score (nSPS) is 14.2. The summed E-state index contributed by atoms with van der Waals surface area (Å²) in [7, 11) is 0. The highest BCUT2D eigenvalue weighted by molar-refractivity contribution is 6.00. The van der Waals surface area contributed by atoms with Crippen molar-refractivity contribution in [1.82, 2.24) is 15.5 Å². The number of rotatable bonds is 9. The lowest BCUT2D eigenvalue weighted by molar-refractivity contribution is 0.0734. The Hall–Kier alpha value is -4.75. The molecule has 1 aliphatic heterocycles. The molecule has 232 valence electrons. The van der Waals surface area contributed by atoms with Gasteiger partial charge in [-0.15, -0.1) is 0 Å². The Morgan fingerprint density at radius 2 is 1.44 bits per heavy atom. The van der Waals surface area contributed by atoms with Crippen LogP contribution in [0.25, 0.3) is 0 Å². The second kappa shape index (κ2) is 13.9. The molecule has 3 amide bonds. The van der Waals surface area contributed by atoms with Crippen LogP contribution in [-0.2, 0) is 25.8 Å². The van der Waals surface area contributed by atoms with E-state index >= 15 is 0 Å². The Labute approximate surface area is 265 Å². The molecule has 3 N–H and O–H groups in total. The predicted octanol–water partition coefficient (Wildman–Crippen LogP) is 5.36. The maximum absolute atomic E-state index is 13.6. The fraction of sp³-hybridized carbons (Fsp3) is 0.289. The minimum absolute atomic E-state index is 0.120. The minimum atomic E-state index is -0.990. The minimum Gasteiger partial charge on any atom is -0.391 e. The summed E-state index contributed by atoms with van der Waals surface area (Å²) in [4.78, 5) is 42.0. The average molecular weight is 604 g/mol. The topological polar surface area (TPSA) is 98.7 Å². The van der Waals surface area contributed by atoms with Crippen molar-refractivity contribution >= 4 is 17.7 Å². The van der Waals surface area contributed by atoms with Gasteiger partial charge in [-0.1, -0.05) is 78.9 Å². The molecule has 0 bridgehead atoms. The number of nitrogens with zero attached hydrogens (tertiary/aromatic N) is 1. The van der Waals surface area contributed by atoms with Gasteiger partial charge in [0.1, 0.15) is 0 Å². The Morgan fingerprint density at radius 1 is 0.778 bits per heavy atom. The molecule has 1 heterocycles. The van der Waals surface area contributed by atoms with Crippen molar-refractivity contribution < 1.29 is 19.5 Å². The van der Waals surface area contributed by atoms with Crippen molar-refractivity contribution in [3.8, 4) is 0 Å². The zero-order valence-electron chi connectivity index (χ0n) is 26.1. The molecule has 0 saturated heterocycles. The first-order valence-corrected chi connectivity index (χ1v) is 15.5. The zero-order chi connectivity index (χ0) is 32.0. The van der Waals surface area contributed by atoms with Crippen LogP contribution in [0.2, 0.25) is 0 Å². The van der Waals surface area contributed by atoms with Crippen molar-refractivity contribution in [3.05, 3.63) is 142 Å². The molecule has 0 spiro atoms. The van der Waals surface area contributed by atoms with Gasteiger partial charge in [-0.3, -0.25) is 14.4 Å². The second-order valence-corrected chi connectivity index (χ2v) is 12.7. The summed E-state index contributed by atoms with van der Waals surface area (Å²) in [6.07, 6.45) is 0.356. The van der Waals surface area contributed by atoms with E-state index in [1.54, 1.807) is 36.4 Å². The van der Waals surface area contributed by atoms with Gasteiger partial charge in [-0.2, -0.15) is 0 Å². The maximum atomic E-state index is 13.6. The molecule has 45 heavy (non-hydrogen) atoms. The number of carbonyl (C=O) groups is 3. The number of fused-ring (bicyclic) bond motifs is 1. The van der Waals surface area contributed by atoms with Crippen LogP contribution in [0.1, 0.15) is 74.1 Å². The molecule has 4 aromatic rings. The van der Waals surface area contributed by atoms with Gasteiger partial charge in [-0.25, -0.2) is 0 Å². The molecular weight excluding hydrogens is 562 g/mol. The highest BCUT2D eigenvalue weighted by Crippen LogP contribution is 2.21. The Bertz CT molecular complexity index is 1660. The standard InChI is InChI=1S/C38H41N3O4/c1-38(2,3)40-36(44)32-19-10-9-15-28(32)24-34(42)33(22-26-12-5-4-6-13-26)39-35(43)29-17-11-18-30(23-29)37(45)41-21-20-27-14-7-8-16-31(27)25-41/h4-19,23,33-34,42H,20-22,24-25H2,1-3H3,(H,39,43)(H,40,44)/t33-,34-/m0/s1. The Balaban J connectivity index is 1.34. The van der Waals surface area contributed by atoms with Gasteiger partial charge in [-0.05, 0) is 80.1 Å². The molecule has 0 fully saturated rings. The van der Waals surface area contributed by atoms with Gasteiger partial charge in [0, 0.05) is 41.7 Å². The molecular formula is C38H41N3O4. The lowest BCUT2D eigenvalue weighted by Crippen LogP contribution is -2.46. The van der Waals surface area contributed by atoms with E-state index in [1.165, 1.54) is 5.56 Å². The number of hydrogen-bond acceptors (Lipinski definition) is 4. The lowest BCUT2D eigenvalue weighted by Gasteiger charge is -2.29. The molecule has 0 radical (unpaired) electrons. The molecule has 1 aliphatic rings. The van der Waals surface area contributed by atoms with Crippen LogP contribution in [0.4, 0.5) is 0 Å². The van der Waals surface area contributed by atoms with Crippen molar-refractivity contribution in [2.24, 2.45) is 0 Å². The van der Waals surface area contributed by atoms with Crippen LogP contribution in [0.15, 0.2) is 103 Å². The van der Waals surface area contributed by atoms with Gasteiger partial charge in [0.15, 0.2) is 0 Å². The number of benzene rings is 4. The van der Waals surface area contributed by atoms with Gasteiger partial charge in [0.2, 0.25) is 0 Å². The number of nitrogens with one attached hydrogen (secondary N) is 2. The van der Waals surface area contributed by atoms with Gasteiger partial charge in [0.25, 0.3) is 17.7 Å². The van der Waals surface area contributed by atoms with Crippen LogP contribution >= 0.6 is 0 Å². The summed E-state index contributed by atoms with van der Waals surface area (Å²) in [6, 6.07) is 31.1. The van der Waals surface area contributed by atoms with E-state index in [4.69, 9.17) is 0 Å². The number of aliphatic hydroxyl groups excluding tert-OH is 1. The number of amides is 3. The summed E-state index contributed by atoms with van der Waals surface area (Å²) < 4.78 is 0. The average Bonchev–Trinajstić information content (AvgIpc) is 3.03. The zero-order valence-corrected chi connectivity index (χ0v) is 26.1. The summed E-state index contributed by atoms with van der Waals surface area (Å²) in [5, 5.41) is 17.6. The molecule has 4 aromatic carbocycles. The third kappa shape index (κ3) is 8.25. The van der Waals surface area contributed by atoms with Gasteiger partial charge >= 0.3 is 0 Å². The monoisotopic (exact) mass is 603 g/mol. The first kappa shape index (κ1) is 31.7. The van der Waals surface area contributed by atoms with E-state index in [0.29, 0.717) is 41.8 Å². The van der Waals surface area contributed by atoms with Crippen molar-refractivity contribution in [1.29, 1.82) is 0 Å². The largest absolute Gasteiger partial charge is 0.391 e.